The molecule has 7 nitrogen and oxygen atoms in total. The molecule has 12 heteroatoms. The predicted molar refractivity (Wildman–Crippen MR) is 113 cm³/mol. The van der Waals surface area contributed by atoms with E-state index in [1.54, 1.807) is 21.9 Å². The Morgan fingerprint density at radius 2 is 1.84 bits per heavy atom. The summed E-state index contributed by atoms with van der Waals surface area (Å²) in [5, 5.41) is 0.348. The number of hydrogen-bond donors (Lipinski definition) is 0. The average molecular weight is 489 g/mol. The highest BCUT2D eigenvalue weighted by Crippen LogP contribution is 2.33. The Balaban J connectivity index is 1.36. The molecule has 0 unspecified atom stereocenters. The number of halogens is 5. The molecule has 1 fully saturated rings. The Hall–Kier alpha value is -2.72. The maximum absolute atomic E-state index is 12.8. The molecule has 1 aliphatic heterocycles. The van der Waals surface area contributed by atoms with E-state index >= 15 is 0 Å². The molecule has 0 atom stereocenters. The van der Waals surface area contributed by atoms with E-state index in [4.69, 9.17) is 27.6 Å². The van der Waals surface area contributed by atoms with Crippen LogP contribution in [-0.2, 0) is 17.5 Å². The lowest BCUT2D eigenvalue weighted by Gasteiger charge is -2.36. The molecule has 0 N–H and O–H groups in total. The van der Waals surface area contributed by atoms with Crippen molar-refractivity contribution in [3.8, 4) is 0 Å². The molecule has 0 saturated carbocycles. The van der Waals surface area contributed by atoms with Crippen LogP contribution in [0.1, 0.15) is 12.0 Å². The number of anilines is 1. The number of aromatic nitrogens is 2. The fraction of sp³-hybridized carbons (Fsp3) is 0.350. The number of carbonyl (C=O) groups is 1. The minimum Gasteiger partial charge on any atom is -0.408 e. The second kappa shape index (κ2) is 8.67. The standard InChI is InChI=1S/C20H17Cl2F3N4O3/c21-13-1-2-15-16(10-13)32-19(31)29(15)4-3-17(30)27-5-7-28(8-6-27)18-14(22)9-12(11-26-18)20(23,24)25/h1-2,9-11H,3-8H2. The number of piperazine rings is 1. The second-order valence-electron chi connectivity index (χ2n) is 7.28. The molecular formula is C20H17Cl2F3N4O3. The summed E-state index contributed by atoms with van der Waals surface area (Å²) in [7, 11) is 0. The second-order valence-corrected chi connectivity index (χ2v) is 8.12. The minimum absolute atomic E-state index is 0.0917. The highest BCUT2D eigenvalue weighted by molar-refractivity contribution is 6.33. The molecule has 0 radical (unpaired) electrons. The van der Waals surface area contributed by atoms with Crippen LogP contribution in [0.3, 0.4) is 0 Å². The fourth-order valence-electron chi connectivity index (χ4n) is 3.60. The molecule has 4 rings (SSSR count). The normalized spacial score (nSPS) is 14.9. The molecule has 170 valence electrons. The van der Waals surface area contributed by atoms with Gasteiger partial charge in [0, 0.05) is 56.4 Å². The summed E-state index contributed by atoms with van der Waals surface area (Å²) in [5.41, 5.74) is -0.00568. The van der Waals surface area contributed by atoms with Gasteiger partial charge in [-0.1, -0.05) is 23.2 Å². The van der Waals surface area contributed by atoms with Crippen LogP contribution in [0.4, 0.5) is 19.0 Å². The summed E-state index contributed by atoms with van der Waals surface area (Å²) in [6, 6.07) is 5.68. The molecule has 3 heterocycles. The van der Waals surface area contributed by atoms with Gasteiger partial charge in [0.15, 0.2) is 5.58 Å². The third kappa shape index (κ3) is 4.56. The summed E-state index contributed by atoms with van der Waals surface area (Å²) in [6.07, 6.45) is -3.68. The van der Waals surface area contributed by atoms with Gasteiger partial charge in [0.05, 0.1) is 16.1 Å². The number of aryl methyl sites for hydroxylation is 1. The van der Waals surface area contributed by atoms with Crippen molar-refractivity contribution in [1.82, 2.24) is 14.5 Å². The van der Waals surface area contributed by atoms with Gasteiger partial charge in [0.1, 0.15) is 5.82 Å². The molecule has 1 saturated heterocycles. The zero-order valence-corrected chi connectivity index (χ0v) is 18.0. The Bertz CT molecular complexity index is 1220. The number of benzene rings is 1. The largest absolute Gasteiger partial charge is 0.419 e. The van der Waals surface area contributed by atoms with Crippen LogP contribution in [-0.4, -0.2) is 46.5 Å². The number of rotatable bonds is 4. The number of carbonyl (C=O) groups excluding carboxylic acids is 1. The van der Waals surface area contributed by atoms with Crippen molar-refractivity contribution in [3.63, 3.8) is 0 Å². The lowest BCUT2D eigenvalue weighted by Crippen LogP contribution is -2.49. The van der Waals surface area contributed by atoms with Gasteiger partial charge in [-0.2, -0.15) is 13.2 Å². The molecule has 0 spiro atoms. The molecule has 0 aliphatic carbocycles. The van der Waals surface area contributed by atoms with Crippen molar-refractivity contribution in [2.75, 3.05) is 31.1 Å². The summed E-state index contributed by atoms with van der Waals surface area (Å²) >= 11 is 11.9. The SMILES string of the molecule is O=C(CCn1c(=O)oc2cc(Cl)ccc21)N1CCN(c2ncc(C(F)(F)F)cc2Cl)CC1. The highest BCUT2D eigenvalue weighted by atomic mass is 35.5. The lowest BCUT2D eigenvalue weighted by molar-refractivity contribution is -0.137. The number of pyridine rings is 1. The summed E-state index contributed by atoms with van der Waals surface area (Å²) < 4.78 is 44.9. The maximum atomic E-state index is 12.8. The van der Waals surface area contributed by atoms with Crippen LogP contribution >= 0.6 is 23.2 Å². The first kappa shape index (κ1) is 22.5. The maximum Gasteiger partial charge on any atom is 0.419 e. The van der Waals surface area contributed by atoms with E-state index in [0.717, 1.165) is 12.3 Å². The number of oxazole rings is 1. The van der Waals surface area contributed by atoms with E-state index in [0.29, 0.717) is 42.3 Å². The van der Waals surface area contributed by atoms with E-state index in [1.807, 2.05) is 0 Å². The topological polar surface area (TPSA) is 71.6 Å². The van der Waals surface area contributed by atoms with Gasteiger partial charge in [0.25, 0.3) is 0 Å². The Labute approximate surface area is 189 Å². The highest BCUT2D eigenvalue weighted by Gasteiger charge is 2.32. The van der Waals surface area contributed by atoms with Crippen LogP contribution in [0, 0.1) is 0 Å². The zero-order valence-electron chi connectivity index (χ0n) is 16.5. The predicted octanol–water partition coefficient (Wildman–Crippen LogP) is 4.05. The number of hydrogen-bond acceptors (Lipinski definition) is 5. The molecule has 3 aromatic rings. The Morgan fingerprint density at radius 1 is 1.12 bits per heavy atom. The van der Waals surface area contributed by atoms with Crippen molar-refractivity contribution < 1.29 is 22.4 Å². The first-order valence-electron chi connectivity index (χ1n) is 9.68. The van der Waals surface area contributed by atoms with E-state index in [9.17, 15) is 22.8 Å². The molecule has 32 heavy (non-hydrogen) atoms. The van der Waals surface area contributed by atoms with Crippen molar-refractivity contribution in [2.24, 2.45) is 0 Å². The van der Waals surface area contributed by atoms with E-state index in [-0.39, 0.29) is 29.7 Å². The molecule has 1 aromatic carbocycles. The smallest absolute Gasteiger partial charge is 0.408 e. The van der Waals surface area contributed by atoms with Gasteiger partial charge in [-0.05, 0) is 18.2 Å². The third-order valence-corrected chi connectivity index (χ3v) is 5.77. The van der Waals surface area contributed by atoms with E-state index < -0.39 is 17.5 Å². The van der Waals surface area contributed by atoms with Crippen LogP contribution < -0.4 is 10.7 Å². The molecular weight excluding hydrogens is 472 g/mol. The quantitative estimate of drug-likeness (QED) is 0.553. The first-order chi connectivity index (χ1) is 15.1. The van der Waals surface area contributed by atoms with Gasteiger partial charge in [-0.3, -0.25) is 9.36 Å². The number of fused-ring (bicyclic) bond motifs is 1. The van der Waals surface area contributed by atoms with Crippen molar-refractivity contribution >= 4 is 46.0 Å². The lowest BCUT2D eigenvalue weighted by atomic mass is 10.2. The molecule has 0 bridgehead atoms. The summed E-state index contributed by atoms with van der Waals surface area (Å²) in [4.78, 5) is 32.0. The molecule has 1 amide bonds. The Kier molecular flexibility index (Phi) is 6.09. The number of nitrogens with zero attached hydrogens (tertiary/aromatic N) is 4. The monoisotopic (exact) mass is 488 g/mol. The fourth-order valence-corrected chi connectivity index (χ4v) is 4.05. The van der Waals surface area contributed by atoms with Crippen molar-refractivity contribution in [3.05, 3.63) is 56.6 Å². The minimum atomic E-state index is -4.52. The Morgan fingerprint density at radius 3 is 2.50 bits per heavy atom. The van der Waals surface area contributed by atoms with Gasteiger partial charge in [-0.25, -0.2) is 9.78 Å². The van der Waals surface area contributed by atoms with E-state index in [2.05, 4.69) is 4.98 Å². The van der Waals surface area contributed by atoms with Crippen LogP contribution in [0.5, 0.6) is 0 Å². The van der Waals surface area contributed by atoms with Crippen LogP contribution in [0.15, 0.2) is 39.7 Å². The third-order valence-electron chi connectivity index (χ3n) is 5.26. The van der Waals surface area contributed by atoms with Crippen LogP contribution in [0.2, 0.25) is 10.0 Å². The number of amides is 1. The summed E-state index contributed by atoms with van der Waals surface area (Å²) in [5.74, 6) is -0.462. The van der Waals surface area contributed by atoms with Crippen LogP contribution in [0.25, 0.3) is 11.1 Å². The van der Waals surface area contributed by atoms with E-state index in [1.165, 1.54) is 10.6 Å². The molecule has 1 aliphatic rings. The van der Waals surface area contributed by atoms with Gasteiger partial charge in [-0.15, -0.1) is 0 Å². The zero-order chi connectivity index (χ0) is 23.0. The average Bonchev–Trinajstić information content (AvgIpc) is 3.05. The van der Waals surface area contributed by atoms with Gasteiger partial charge < -0.3 is 14.2 Å². The van der Waals surface area contributed by atoms with Crippen molar-refractivity contribution in [1.29, 1.82) is 0 Å². The number of alkyl halides is 3. The van der Waals surface area contributed by atoms with Crippen molar-refractivity contribution in [2.45, 2.75) is 19.1 Å². The van der Waals surface area contributed by atoms with Gasteiger partial charge in [0.2, 0.25) is 5.91 Å². The summed E-state index contributed by atoms with van der Waals surface area (Å²) in [6.45, 7) is 1.61. The van der Waals surface area contributed by atoms with Gasteiger partial charge >= 0.3 is 11.9 Å². The molecule has 2 aromatic heterocycles. The first-order valence-corrected chi connectivity index (χ1v) is 10.4.